The Bertz CT molecular complexity index is 1140. The monoisotopic (exact) mass is 454 g/mol. The summed E-state index contributed by atoms with van der Waals surface area (Å²) in [5.41, 5.74) is 1.11. The van der Waals surface area contributed by atoms with E-state index >= 15 is 0 Å². The molecule has 3 rings (SSSR count). The quantitative estimate of drug-likeness (QED) is 0.415. The van der Waals surface area contributed by atoms with E-state index in [1.54, 1.807) is 61.5 Å². The summed E-state index contributed by atoms with van der Waals surface area (Å²) < 4.78 is 0. The number of nitrogens with one attached hydrogen (secondary N) is 2. The zero-order chi connectivity index (χ0) is 22.4. The summed E-state index contributed by atoms with van der Waals surface area (Å²) in [6.45, 7) is 1.78. The van der Waals surface area contributed by atoms with Crippen LogP contribution in [-0.2, 0) is 4.79 Å². The third kappa shape index (κ3) is 6.10. The third-order valence-electron chi connectivity index (χ3n) is 4.27. The molecule has 2 amide bonds. The smallest absolute Gasteiger partial charge is 0.336 e. The standard InChI is InChI=1S/C23H19ClN2O4S/c1-14(21(27)25-16-7-4-6-15(24)12-16)31-18-9-5-8-17(13-18)26-22(28)19-10-2-3-11-20(19)23(29)30/h2-14H,1H3,(H,25,27)(H,26,28)(H,29,30). The molecule has 31 heavy (non-hydrogen) atoms. The highest BCUT2D eigenvalue weighted by molar-refractivity contribution is 8.00. The van der Waals surface area contributed by atoms with Crippen LogP contribution in [0.5, 0.6) is 0 Å². The summed E-state index contributed by atoms with van der Waals surface area (Å²) >= 11 is 7.27. The number of thioether (sulfide) groups is 1. The van der Waals surface area contributed by atoms with E-state index < -0.39 is 17.1 Å². The summed E-state index contributed by atoms with van der Waals surface area (Å²) in [7, 11) is 0. The van der Waals surface area contributed by atoms with Crippen LogP contribution in [0.1, 0.15) is 27.6 Å². The predicted octanol–water partition coefficient (Wildman–Crippen LogP) is 5.41. The summed E-state index contributed by atoms with van der Waals surface area (Å²) in [5, 5.41) is 14.9. The van der Waals surface area contributed by atoms with Gasteiger partial charge in [0.15, 0.2) is 0 Å². The molecule has 0 aliphatic heterocycles. The van der Waals surface area contributed by atoms with Gasteiger partial charge in [0.2, 0.25) is 5.91 Å². The zero-order valence-electron chi connectivity index (χ0n) is 16.5. The molecule has 0 saturated heterocycles. The van der Waals surface area contributed by atoms with Crippen LogP contribution in [0.4, 0.5) is 11.4 Å². The van der Waals surface area contributed by atoms with Gasteiger partial charge >= 0.3 is 5.97 Å². The summed E-state index contributed by atoms with van der Waals surface area (Å²) in [5.74, 6) is -1.88. The molecule has 1 unspecified atom stereocenters. The minimum atomic E-state index is -1.17. The van der Waals surface area contributed by atoms with E-state index in [9.17, 15) is 19.5 Å². The van der Waals surface area contributed by atoms with Gasteiger partial charge in [-0.1, -0.05) is 35.9 Å². The molecule has 6 nitrogen and oxygen atoms in total. The molecule has 3 aromatic rings. The average molecular weight is 455 g/mol. The van der Waals surface area contributed by atoms with Gasteiger partial charge in [-0.2, -0.15) is 0 Å². The largest absolute Gasteiger partial charge is 0.478 e. The molecule has 0 radical (unpaired) electrons. The van der Waals surface area contributed by atoms with Gasteiger partial charge in [0.1, 0.15) is 0 Å². The number of amides is 2. The number of benzene rings is 3. The highest BCUT2D eigenvalue weighted by Gasteiger charge is 2.17. The molecule has 3 N–H and O–H groups in total. The fourth-order valence-corrected chi connectivity index (χ4v) is 3.90. The molecule has 0 saturated carbocycles. The number of rotatable bonds is 7. The number of hydrogen-bond acceptors (Lipinski definition) is 4. The minimum absolute atomic E-state index is 0.0716. The van der Waals surface area contributed by atoms with Crippen molar-refractivity contribution in [3.63, 3.8) is 0 Å². The van der Waals surface area contributed by atoms with Crippen LogP contribution < -0.4 is 10.6 Å². The van der Waals surface area contributed by atoms with E-state index in [1.165, 1.54) is 23.9 Å². The number of hydrogen-bond donors (Lipinski definition) is 3. The minimum Gasteiger partial charge on any atom is -0.478 e. The number of carbonyl (C=O) groups excluding carboxylic acids is 2. The SMILES string of the molecule is CC(Sc1cccc(NC(=O)c2ccccc2C(=O)O)c1)C(=O)Nc1cccc(Cl)c1. The first-order valence-corrected chi connectivity index (χ1v) is 10.6. The Morgan fingerprint density at radius 3 is 2.19 bits per heavy atom. The molecule has 0 heterocycles. The van der Waals surface area contributed by atoms with Crippen molar-refractivity contribution < 1.29 is 19.5 Å². The van der Waals surface area contributed by atoms with Crippen LogP contribution >= 0.6 is 23.4 Å². The maximum Gasteiger partial charge on any atom is 0.336 e. The van der Waals surface area contributed by atoms with Crippen molar-refractivity contribution >= 4 is 52.5 Å². The van der Waals surface area contributed by atoms with Crippen LogP contribution in [0.3, 0.4) is 0 Å². The van der Waals surface area contributed by atoms with Crippen molar-refractivity contribution in [3.8, 4) is 0 Å². The third-order valence-corrected chi connectivity index (χ3v) is 5.60. The molecule has 0 bridgehead atoms. The van der Waals surface area contributed by atoms with Gasteiger partial charge in [-0.15, -0.1) is 11.8 Å². The van der Waals surface area contributed by atoms with Crippen molar-refractivity contribution in [1.29, 1.82) is 0 Å². The number of anilines is 2. The molecule has 0 spiro atoms. The number of carbonyl (C=O) groups is 3. The number of carboxylic acid groups (broad SMARTS) is 1. The lowest BCUT2D eigenvalue weighted by atomic mass is 10.1. The van der Waals surface area contributed by atoms with Gasteiger partial charge in [-0.3, -0.25) is 9.59 Å². The van der Waals surface area contributed by atoms with Crippen molar-refractivity contribution in [3.05, 3.63) is 88.9 Å². The lowest BCUT2D eigenvalue weighted by Crippen LogP contribution is -2.22. The average Bonchev–Trinajstić information content (AvgIpc) is 2.74. The van der Waals surface area contributed by atoms with Gasteiger partial charge < -0.3 is 15.7 Å². The van der Waals surface area contributed by atoms with Gasteiger partial charge in [0.25, 0.3) is 5.91 Å². The molecular formula is C23H19ClN2O4S. The normalized spacial score (nSPS) is 11.4. The van der Waals surface area contributed by atoms with E-state index in [0.717, 1.165) is 4.90 Å². The van der Waals surface area contributed by atoms with Crippen molar-refractivity contribution in [1.82, 2.24) is 0 Å². The molecule has 0 fully saturated rings. The fourth-order valence-electron chi connectivity index (χ4n) is 2.78. The molecular weight excluding hydrogens is 436 g/mol. The highest BCUT2D eigenvalue weighted by atomic mass is 35.5. The van der Waals surface area contributed by atoms with E-state index in [2.05, 4.69) is 10.6 Å². The molecule has 0 aliphatic rings. The Kier molecular flexibility index (Phi) is 7.33. The van der Waals surface area contributed by atoms with E-state index in [4.69, 9.17) is 11.6 Å². The first kappa shape index (κ1) is 22.4. The summed E-state index contributed by atoms with van der Waals surface area (Å²) in [4.78, 5) is 37.1. The van der Waals surface area contributed by atoms with E-state index in [-0.39, 0.29) is 17.0 Å². The van der Waals surface area contributed by atoms with Gasteiger partial charge in [0.05, 0.1) is 16.4 Å². The second kappa shape index (κ2) is 10.1. The van der Waals surface area contributed by atoms with Crippen molar-refractivity contribution in [2.24, 2.45) is 0 Å². The second-order valence-electron chi connectivity index (χ2n) is 6.59. The van der Waals surface area contributed by atoms with Crippen LogP contribution in [0, 0.1) is 0 Å². The van der Waals surface area contributed by atoms with Crippen LogP contribution in [0.25, 0.3) is 0 Å². The van der Waals surface area contributed by atoms with Crippen LogP contribution in [0.2, 0.25) is 5.02 Å². The number of halogens is 1. The number of carboxylic acids is 1. The maximum atomic E-state index is 12.6. The summed E-state index contributed by atoms with van der Waals surface area (Å²) in [6.07, 6.45) is 0. The van der Waals surface area contributed by atoms with E-state index in [0.29, 0.717) is 16.4 Å². The topological polar surface area (TPSA) is 95.5 Å². The molecule has 3 aromatic carbocycles. The van der Waals surface area contributed by atoms with Crippen molar-refractivity contribution in [2.45, 2.75) is 17.1 Å². The van der Waals surface area contributed by atoms with E-state index in [1.807, 2.05) is 6.07 Å². The van der Waals surface area contributed by atoms with Crippen LogP contribution in [0.15, 0.2) is 77.7 Å². The highest BCUT2D eigenvalue weighted by Crippen LogP contribution is 2.27. The van der Waals surface area contributed by atoms with Crippen molar-refractivity contribution in [2.75, 3.05) is 10.6 Å². The van der Waals surface area contributed by atoms with Gasteiger partial charge in [-0.25, -0.2) is 4.79 Å². The molecule has 158 valence electrons. The molecule has 1 atom stereocenters. The fraction of sp³-hybridized carbons (Fsp3) is 0.0870. The lowest BCUT2D eigenvalue weighted by Gasteiger charge is -2.13. The zero-order valence-corrected chi connectivity index (χ0v) is 18.0. The van der Waals surface area contributed by atoms with Crippen LogP contribution in [-0.4, -0.2) is 28.1 Å². The lowest BCUT2D eigenvalue weighted by molar-refractivity contribution is -0.115. The Labute approximate surface area is 188 Å². The first-order valence-electron chi connectivity index (χ1n) is 9.30. The van der Waals surface area contributed by atoms with Gasteiger partial charge in [0, 0.05) is 21.3 Å². The Balaban J connectivity index is 1.67. The molecule has 0 aliphatic carbocycles. The Hall–Kier alpha value is -3.29. The second-order valence-corrected chi connectivity index (χ2v) is 8.44. The predicted molar refractivity (Wildman–Crippen MR) is 123 cm³/mol. The first-order chi connectivity index (χ1) is 14.8. The maximum absolute atomic E-state index is 12.6. The van der Waals surface area contributed by atoms with Gasteiger partial charge in [-0.05, 0) is 55.5 Å². The Morgan fingerprint density at radius 2 is 1.52 bits per heavy atom. The number of aromatic carboxylic acids is 1. The Morgan fingerprint density at radius 1 is 0.871 bits per heavy atom. The summed E-state index contributed by atoms with van der Waals surface area (Å²) in [6, 6.07) is 19.9. The molecule has 0 aromatic heterocycles. The molecule has 8 heteroatoms.